The van der Waals surface area contributed by atoms with Crippen LogP contribution in [0.1, 0.15) is 12.8 Å². The van der Waals surface area contributed by atoms with Crippen LogP contribution in [-0.2, 0) is 9.59 Å². The van der Waals surface area contributed by atoms with E-state index >= 15 is 0 Å². The Labute approximate surface area is 35.2 Å². The molecule has 0 bridgehead atoms. The third-order valence-corrected chi connectivity index (χ3v) is 0.890. The van der Waals surface area contributed by atoms with Gasteiger partial charge in [0, 0.05) is 12.8 Å². The highest BCUT2D eigenvalue weighted by molar-refractivity contribution is 6.43. The van der Waals surface area contributed by atoms with Crippen LogP contribution < -0.4 is 0 Å². The standard InChI is InChI=1S/C4H4O2/c5-3-1-2-4(3)6/h1-2H2. The van der Waals surface area contributed by atoms with Gasteiger partial charge in [0.25, 0.3) is 0 Å². The molecule has 1 aliphatic rings. The number of Topliss-reactive ketones (excluding diaryl/α,β-unsaturated/α-hetero) is 2. The Morgan fingerprint density at radius 2 is 1.33 bits per heavy atom. The van der Waals surface area contributed by atoms with Crippen molar-refractivity contribution in [3.63, 3.8) is 0 Å². The molecule has 0 aromatic carbocycles. The molecule has 0 saturated heterocycles. The number of hydrogen-bond donors (Lipinski definition) is 0. The van der Waals surface area contributed by atoms with Crippen molar-refractivity contribution >= 4 is 11.6 Å². The van der Waals surface area contributed by atoms with E-state index < -0.39 is 0 Å². The maximum absolute atomic E-state index is 9.88. The SMILES string of the molecule is O=C1CCC1=O. The van der Waals surface area contributed by atoms with Gasteiger partial charge in [0.15, 0.2) is 11.6 Å². The van der Waals surface area contributed by atoms with Crippen molar-refractivity contribution in [3.8, 4) is 0 Å². The molecule has 0 radical (unpaired) electrons. The van der Waals surface area contributed by atoms with Gasteiger partial charge in [-0.1, -0.05) is 0 Å². The molecular weight excluding hydrogens is 80.0 g/mol. The van der Waals surface area contributed by atoms with Gasteiger partial charge in [0.1, 0.15) is 0 Å². The molecule has 0 aromatic heterocycles. The van der Waals surface area contributed by atoms with E-state index in [-0.39, 0.29) is 11.6 Å². The van der Waals surface area contributed by atoms with E-state index in [0.29, 0.717) is 12.8 Å². The van der Waals surface area contributed by atoms with Crippen LogP contribution in [0, 0.1) is 0 Å². The first-order valence-electron chi connectivity index (χ1n) is 1.87. The van der Waals surface area contributed by atoms with E-state index in [1.165, 1.54) is 0 Å². The summed E-state index contributed by atoms with van der Waals surface area (Å²) in [5.74, 6) is -0.398. The van der Waals surface area contributed by atoms with Gasteiger partial charge < -0.3 is 0 Å². The van der Waals surface area contributed by atoms with Crippen LogP contribution in [-0.4, -0.2) is 11.6 Å². The fraction of sp³-hybridized carbons (Fsp3) is 0.500. The van der Waals surface area contributed by atoms with Crippen molar-refractivity contribution in [1.29, 1.82) is 0 Å². The monoisotopic (exact) mass is 84.0 g/mol. The predicted molar refractivity (Wildman–Crippen MR) is 19.2 cm³/mol. The Bertz CT molecular complexity index is 90.1. The van der Waals surface area contributed by atoms with Crippen LogP contribution in [0.25, 0.3) is 0 Å². The average Bonchev–Trinajstić information content (AvgIpc) is 1.61. The zero-order valence-electron chi connectivity index (χ0n) is 3.23. The number of carbonyl (C=O) groups excluding carboxylic acids is 2. The van der Waals surface area contributed by atoms with Crippen LogP contribution >= 0.6 is 0 Å². The quantitative estimate of drug-likeness (QED) is 0.384. The summed E-state index contributed by atoms with van der Waals surface area (Å²) >= 11 is 0. The first-order valence-corrected chi connectivity index (χ1v) is 1.87. The Kier molecular flexibility index (Phi) is 0.528. The van der Waals surface area contributed by atoms with E-state index in [1.807, 2.05) is 0 Å². The number of ketones is 2. The molecule has 2 heteroatoms. The molecule has 0 aliphatic heterocycles. The van der Waals surface area contributed by atoms with E-state index in [4.69, 9.17) is 0 Å². The van der Waals surface area contributed by atoms with Crippen LogP contribution in [0.15, 0.2) is 0 Å². The number of carbonyl (C=O) groups is 2. The molecule has 1 rings (SSSR count). The zero-order valence-corrected chi connectivity index (χ0v) is 3.23. The fourth-order valence-electron chi connectivity index (χ4n) is 0.329. The fourth-order valence-corrected chi connectivity index (χ4v) is 0.329. The lowest BCUT2D eigenvalue weighted by molar-refractivity contribution is -0.142. The molecular formula is C4H4O2. The minimum Gasteiger partial charge on any atom is -0.291 e. The Morgan fingerprint density at radius 3 is 1.33 bits per heavy atom. The van der Waals surface area contributed by atoms with Gasteiger partial charge in [-0.15, -0.1) is 0 Å². The molecule has 1 aliphatic carbocycles. The molecule has 0 heterocycles. The highest BCUT2D eigenvalue weighted by atomic mass is 16.2. The molecule has 1 saturated carbocycles. The number of rotatable bonds is 0. The van der Waals surface area contributed by atoms with Crippen molar-refractivity contribution in [2.24, 2.45) is 0 Å². The van der Waals surface area contributed by atoms with E-state index in [2.05, 4.69) is 0 Å². The first kappa shape index (κ1) is 3.53. The first-order chi connectivity index (χ1) is 2.80. The van der Waals surface area contributed by atoms with Gasteiger partial charge in [-0.3, -0.25) is 9.59 Å². The molecule has 2 nitrogen and oxygen atoms in total. The van der Waals surface area contributed by atoms with Crippen molar-refractivity contribution in [1.82, 2.24) is 0 Å². The summed E-state index contributed by atoms with van der Waals surface area (Å²) in [6.45, 7) is 0. The van der Waals surface area contributed by atoms with Gasteiger partial charge in [0.05, 0.1) is 0 Å². The van der Waals surface area contributed by atoms with E-state index in [0.717, 1.165) is 0 Å². The maximum Gasteiger partial charge on any atom is 0.198 e. The second-order valence-electron chi connectivity index (χ2n) is 1.35. The normalized spacial score (nSPS) is 20.7. The molecule has 1 fully saturated rings. The molecule has 32 valence electrons. The summed E-state index contributed by atoms with van der Waals surface area (Å²) in [4.78, 5) is 19.8. The topological polar surface area (TPSA) is 34.1 Å². The summed E-state index contributed by atoms with van der Waals surface area (Å²) < 4.78 is 0. The highest BCUT2D eigenvalue weighted by Crippen LogP contribution is 2.05. The van der Waals surface area contributed by atoms with E-state index in [9.17, 15) is 9.59 Å². The Balaban J connectivity index is 2.61. The van der Waals surface area contributed by atoms with Crippen LogP contribution in [0.2, 0.25) is 0 Å². The lowest BCUT2D eigenvalue weighted by atomic mass is 9.97. The lowest BCUT2D eigenvalue weighted by Crippen LogP contribution is -2.24. The summed E-state index contributed by atoms with van der Waals surface area (Å²) in [7, 11) is 0. The van der Waals surface area contributed by atoms with E-state index in [1.54, 1.807) is 0 Å². The summed E-state index contributed by atoms with van der Waals surface area (Å²) in [5.41, 5.74) is 0. The third-order valence-electron chi connectivity index (χ3n) is 0.890. The summed E-state index contributed by atoms with van der Waals surface area (Å²) in [6, 6.07) is 0. The van der Waals surface area contributed by atoms with Crippen molar-refractivity contribution < 1.29 is 9.59 Å². The van der Waals surface area contributed by atoms with Gasteiger partial charge in [-0.05, 0) is 0 Å². The van der Waals surface area contributed by atoms with Gasteiger partial charge in [-0.2, -0.15) is 0 Å². The van der Waals surface area contributed by atoms with Crippen LogP contribution in [0.5, 0.6) is 0 Å². The molecule has 0 atom stereocenters. The van der Waals surface area contributed by atoms with Crippen molar-refractivity contribution in [3.05, 3.63) is 0 Å². The predicted octanol–water partition coefficient (Wildman–Crippen LogP) is -0.0816. The van der Waals surface area contributed by atoms with Gasteiger partial charge >= 0.3 is 0 Å². The van der Waals surface area contributed by atoms with Crippen molar-refractivity contribution in [2.75, 3.05) is 0 Å². The molecule has 0 unspecified atom stereocenters. The zero-order chi connectivity index (χ0) is 4.57. The summed E-state index contributed by atoms with van der Waals surface area (Å²) in [5, 5.41) is 0. The Morgan fingerprint density at radius 1 is 1.00 bits per heavy atom. The molecule has 0 spiro atoms. The molecule has 0 aromatic rings. The van der Waals surface area contributed by atoms with Crippen LogP contribution in [0.3, 0.4) is 0 Å². The largest absolute Gasteiger partial charge is 0.291 e. The van der Waals surface area contributed by atoms with Crippen LogP contribution in [0.4, 0.5) is 0 Å². The smallest absolute Gasteiger partial charge is 0.198 e. The second kappa shape index (κ2) is 0.899. The minimum absolute atomic E-state index is 0.199. The third kappa shape index (κ3) is 0.263. The van der Waals surface area contributed by atoms with Gasteiger partial charge in [-0.25, -0.2) is 0 Å². The lowest BCUT2D eigenvalue weighted by Gasteiger charge is -2.03. The number of hydrogen-bond acceptors (Lipinski definition) is 2. The molecule has 6 heavy (non-hydrogen) atoms. The Hall–Kier alpha value is -0.660. The average molecular weight is 84.1 g/mol. The summed E-state index contributed by atoms with van der Waals surface area (Å²) in [6.07, 6.45) is 0.970. The second-order valence-corrected chi connectivity index (χ2v) is 1.35. The van der Waals surface area contributed by atoms with Crippen molar-refractivity contribution in [2.45, 2.75) is 12.8 Å². The van der Waals surface area contributed by atoms with Gasteiger partial charge in [0.2, 0.25) is 0 Å². The maximum atomic E-state index is 9.88. The molecule has 0 amide bonds. The highest BCUT2D eigenvalue weighted by Gasteiger charge is 2.23. The molecule has 0 N–H and O–H groups in total. The minimum atomic E-state index is -0.199.